The molecular weight excluding hydrogens is 248 g/mol. The van der Waals surface area contributed by atoms with Gasteiger partial charge in [0.15, 0.2) is 0 Å². The molecule has 6 heteroatoms. The van der Waals surface area contributed by atoms with Crippen molar-refractivity contribution in [2.24, 2.45) is 0 Å². The Balaban J connectivity index is 2.13. The molecule has 2 heterocycles. The molecule has 1 unspecified atom stereocenters. The van der Waals surface area contributed by atoms with E-state index in [-0.39, 0.29) is 23.7 Å². The zero-order chi connectivity index (χ0) is 14.0. The minimum atomic E-state index is -1.08. The van der Waals surface area contributed by atoms with E-state index in [1.807, 2.05) is 0 Å². The third kappa shape index (κ3) is 3.08. The fourth-order valence-electron chi connectivity index (χ4n) is 2.20. The van der Waals surface area contributed by atoms with Crippen LogP contribution in [0.1, 0.15) is 40.6 Å². The molecular formula is C13H16N2O4. The maximum Gasteiger partial charge on any atom is 0.337 e. The molecule has 1 amide bonds. The molecule has 0 bridgehead atoms. The van der Waals surface area contributed by atoms with Gasteiger partial charge in [-0.25, -0.2) is 4.79 Å². The van der Waals surface area contributed by atoms with Crippen molar-refractivity contribution in [2.75, 3.05) is 13.1 Å². The van der Waals surface area contributed by atoms with Gasteiger partial charge in [0.05, 0.1) is 11.2 Å². The Morgan fingerprint density at radius 1 is 1.42 bits per heavy atom. The summed E-state index contributed by atoms with van der Waals surface area (Å²) in [6, 6.07) is 2.75. The first-order valence-corrected chi connectivity index (χ1v) is 6.10. The largest absolute Gasteiger partial charge is 0.478 e. The van der Waals surface area contributed by atoms with Crippen molar-refractivity contribution < 1.29 is 19.8 Å². The number of aromatic carboxylic acids is 1. The van der Waals surface area contributed by atoms with Crippen LogP contribution in [0.15, 0.2) is 18.3 Å². The van der Waals surface area contributed by atoms with Crippen LogP contribution in [-0.4, -0.2) is 50.7 Å². The molecule has 1 saturated heterocycles. The molecule has 2 N–H and O–H groups in total. The van der Waals surface area contributed by atoms with Crippen LogP contribution in [0.5, 0.6) is 0 Å². The molecule has 1 aliphatic rings. The van der Waals surface area contributed by atoms with Crippen molar-refractivity contribution in [3.63, 3.8) is 0 Å². The SMILES string of the molecule is CC1(O)CCCN(C(=O)c2ccc(C(=O)O)cn2)C1. The zero-order valence-electron chi connectivity index (χ0n) is 10.7. The molecule has 19 heavy (non-hydrogen) atoms. The average molecular weight is 264 g/mol. The number of pyridine rings is 1. The topological polar surface area (TPSA) is 90.7 Å². The van der Waals surface area contributed by atoms with Crippen molar-refractivity contribution in [2.45, 2.75) is 25.4 Å². The number of aromatic nitrogens is 1. The quantitative estimate of drug-likeness (QED) is 0.823. The summed E-state index contributed by atoms with van der Waals surface area (Å²) in [6.45, 7) is 2.55. The van der Waals surface area contributed by atoms with Crippen LogP contribution in [0.4, 0.5) is 0 Å². The lowest BCUT2D eigenvalue weighted by Crippen LogP contribution is -2.48. The molecule has 0 aliphatic carbocycles. The number of carboxylic acids is 1. The summed E-state index contributed by atoms with van der Waals surface area (Å²) in [5.74, 6) is -1.36. The van der Waals surface area contributed by atoms with Gasteiger partial charge >= 0.3 is 5.97 Å². The minimum absolute atomic E-state index is 0.0437. The van der Waals surface area contributed by atoms with Gasteiger partial charge < -0.3 is 15.1 Å². The fraction of sp³-hybridized carbons (Fsp3) is 0.462. The van der Waals surface area contributed by atoms with Gasteiger partial charge in [0.2, 0.25) is 0 Å². The van der Waals surface area contributed by atoms with Crippen LogP contribution < -0.4 is 0 Å². The number of likely N-dealkylation sites (tertiary alicyclic amines) is 1. The smallest absolute Gasteiger partial charge is 0.337 e. The van der Waals surface area contributed by atoms with Gasteiger partial charge in [0, 0.05) is 19.3 Å². The maximum atomic E-state index is 12.2. The normalized spacial score (nSPS) is 23.2. The highest BCUT2D eigenvalue weighted by Gasteiger charge is 2.31. The van der Waals surface area contributed by atoms with Crippen LogP contribution >= 0.6 is 0 Å². The standard InChI is InChI=1S/C13H16N2O4/c1-13(19)5-2-6-15(8-13)11(16)10-4-3-9(7-14-10)12(17)18/h3-4,7,19H,2,5-6,8H2,1H3,(H,17,18). The Kier molecular flexibility index (Phi) is 3.53. The van der Waals surface area contributed by atoms with Crippen LogP contribution in [-0.2, 0) is 0 Å². The Morgan fingerprint density at radius 2 is 2.16 bits per heavy atom. The summed E-state index contributed by atoms with van der Waals surface area (Å²) in [5, 5.41) is 18.7. The second-order valence-electron chi connectivity index (χ2n) is 5.06. The number of hydrogen-bond donors (Lipinski definition) is 2. The molecule has 102 valence electrons. The highest BCUT2D eigenvalue weighted by atomic mass is 16.4. The Hall–Kier alpha value is -1.95. The molecule has 0 aromatic carbocycles. The molecule has 0 spiro atoms. The van der Waals surface area contributed by atoms with Gasteiger partial charge in [-0.05, 0) is 31.9 Å². The monoisotopic (exact) mass is 264 g/mol. The summed E-state index contributed by atoms with van der Waals surface area (Å²) in [7, 11) is 0. The number of amides is 1. The summed E-state index contributed by atoms with van der Waals surface area (Å²) in [4.78, 5) is 28.3. The fourth-order valence-corrected chi connectivity index (χ4v) is 2.20. The Labute approximate surface area is 110 Å². The second kappa shape index (κ2) is 4.97. The van der Waals surface area contributed by atoms with Gasteiger partial charge in [-0.3, -0.25) is 9.78 Å². The van der Waals surface area contributed by atoms with E-state index in [9.17, 15) is 14.7 Å². The van der Waals surface area contributed by atoms with Gasteiger partial charge in [0.25, 0.3) is 5.91 Å². The first-order valence-electron chi connectivity index (χ1n) is 6.10. The highest BCUT2D eigenvalue weighted by Crippen LogP contribution is 2.21. The van der Waals surface area contributed by atoms with Crippen LogP contribution in [0.25, 0.3) is 0 Å². The van der Waals surface area contributed by atoms with E-state index < -0.39 is 11.6 Å². The van der Waals surface area contributed by atoms with E-state index in [2.05, 4.69) is 4.98 Å². The van der Waals surface area contributed by atoms with Gasteiger partial charge in [-0.2, -0.15) is 0 Å². The van der Waals surface area contributed by atoms with Crippen molar-refractivity contribution >= 4 is 11.9 Å². The number of β-amino-alcohol motifs (C(OH)–C–C–N with tert-alkyl or cyclic N) is 1. The van der Waals surface area contributed by atoms with Crippen molar-refractivity contribution in [1.82, 2.24) is 9.88 Å². The molecule has 6 nitrogen and oxygen atoms in total. The van der Waals surface area contributed by atoms with Crippen molar-refractivity contribution in [3.8, 4) is 0 Å². The first kappa shape index (κ1) is 13.5. The Morgan fingerprint density at radius 3 is 2.68 bits per heavy atom. The molecule has 1 atom stereocenters. The summed E-state index contributed by atoms with van der Waals surface area (Å²) in [5.41, 5.74) is -0.626. The third-order valence-corrected chi connectivity index (χ3v) is 3.19. The predicted octanol–water partition coefficient (Wildman–Crippen LogP) is 0.767. The molecule has 1 aliphatic heterocycles. The molecule has 1 aromatic rings. The molecule has 0 saturated carbocycles. The summed E-state index contributed by atoms with van der Waals surface area (Å²) >= 11 is 0. The second-order valence-corrected chi connectivity index (χ2v) is 5.06. The van der Waals surface area contributed by atoms with E-state index in [4.69, 9.17) is 5.11 Å². The molecule has 0 radical (unpaired) electrons. The lowest BCUT2D eigenvalue weighted by Gasteiger charge is -2.36. The van der Waals surface area contributed by atoms with Crippen LogP contribution in [0.2, 0.25) is 0 Å². The van der Waals surface area contributed by atoms with Gasteiger partial charge in [-0.15, -0.1) is 0 Å². The number of carboxylic acid groups (broad SMARTS) is 1. The molecule has 1 fully saturated rings. The van der Waals surface area contributed by atoms with E-state index >= 15 is 0 Å². The predicted molar refractivity (Wildman–Crippen MR) is 67.0 cm³/mol. The number of nitrogens with zero attached hydrogens (tertiary/aromatic N) is 2. The Bertz CT molecular complexity index is 496. The maximum absolute atomic E-state index is 12.2. The third-order valence-electron chi connectivity index (χ3n) is 3.19. The summed E-state index contributed by atoms with van der Waals surface area (Å²) < 4.78 is 0. The number of carbonyl (C=O) groups is 2. The zero-order valence-corrected chi connectivity index (χ0v) is 10.7. The molecule has 1 aromatic heterocycles. The van der Waals surface area contributed by atoms with Crippen LogP contribution in [0.3, 0.4) is 0 Å². The van der Waals surface area contributed by atoms with Gasteiger partial charge in [-0.1, -0.05) is 0 Å². The minimum Gasteiger partial charge on any atom is -0.478 e. The molecule has 2 rings (SSSR count). The number of rotatable bonds is 2. The van der Waals surface area contributed by atoms with Crippen molar-refractivity contribution in [1.29, 1.82) is 0 Å². The van der Waals surface area contributed by atoms with Crippen LogP contribution in [0, 0.1) is 0 Å². The number of carbonyl (C=O) groups excluding carboxylic acids is 1. The average Bonchev–Trinajstić information content (AvgIpc) is 2.37. The van der Waals surface area contributed by atoms with Gasteiger partial charge in [0.1, 0.15) is 5.69 Å². The lowest BCUT2D eigenvalue weighted by atomic mass is 9.95. The van der Waals surface area contributed by atoms with E-state index in [0.717, 1.165) is 12.6 Å². The van der Waals surface area contributed by atoms with E-state index in [1.165, 1.54) is 12.1 Å². The first-order chi connectivity index (χ1) is 8.89. The number of hydrogen-bond acceptors (Lipinski definition) is 4. The number of piperidine rings is 1. The van der Waals surface area contributed by atoms with E-state index in [0.29, 0.717) is 13.0 Å². The number of aliphatic hydroxyl groups is 1. The summed E-state index contributed by atoms with van der Waals surface area (Å²) in [6.07, 6.45) is 2.58. The van der Waals surface area contributed by atoms with E-state index in [1.54, 1.807) is 11.8 Å². The lowest BCUT2D eigenvalue weighted by molar-refractivity contribution is -0.0109. The highest BCUT2D eigenvalue weighted by molar-refractivity contribution is 5.93. The van der Waals surface area contributed by atoms with Crippen molar-refractivity contribution in [3.05, 3.63) is 29.6 Å².